The largest absolute Gasteiger partial charge is 0.379 e. The number of benzene rings is 1. The average Bonchev–Trinajstić information content (AvgIpc) is 2.51. The Morgan fingerprint density at radius 2 is 2.05 bits per heavy atom. The van der Waals surface area contributed by atoms with Gasteiger partial charge in [-0.05, 0) is 37.3 Å². The third-order valence-corrected chi connectivity index (χ3v) is 3.82. The molecule has 1 aromatic carbocycles. The lowest BCUT2D eigenvalue weighted by molar-refractivity contribution is -0.118. The van der Waals surface area contributed by atoms with E-state index in [9.17, 15) is 4.79 Å². The molecule has 21 heavy (non-hydrogen) atoms. The van der Waals surface area contributed by atoms with Gasteiger partial charge in [-0.3, -0.25) is 4.79 Å². The summed E-state index contributed by atoms with van der Waals surface area (Å²) in [6.07, 6.45) is 2.38. The van der Waals surface area contributed by atoms with E-state index in [1.54, 1.807) is 0 Å². The van der Waals surface area contributed by atoms with Crippen LogP contribution in [0.2, 0.25) is 0 Å². The van der Waals surface area contributed by atoms with Crippen molar-refractivity contribution in [2.45, 2.75) is 32.2 Å². The molecule has 3 N–H and O–H groups in total. The van der Waals surface area contributed by atoms with Gasteiger partial charge in [-0.2, -0.15) is 0 Å². The van der Waals surface area contributed by atoms with Gasteiger partial charge < -0.3 is 11.1 Å². The number of ketones is 1. The second-order valence-electron chi connectivity index (χ2n) is 5.34. The van der Waals surface area contributed by atoms with Crippen molar-refractivity contribution in [3.8, 4) is 0 Å². The number of hydrogen-bond donors (Lipinski definition) is 2. The van der Waals surface area contributed by atoms with Crippen molar-refractivity contribution in [2.75, 3.05) is 12.4 Å². The van der Waals surface area contributed by atoms with Crippen molar-refractivity contribution in [1.82, 2.24) is 5.32 Å². The molecule has 116 valence electrons. The highest BCUT2D eigenvalue weighted by molar-refractivity contribution is 6.28. The second kappa shape index (κ2) is 9.59. The molecular formula is C17H25ClN2O. The third-order valence-electron chi connectivity index (χ3n) is 3.56. The first-order valence-corrected chi connectivity index (χ1v) is 7.90. The van der Waals surface area contributed by atoms with Gasteiger partial charge in [-0.15, -0.1) is 11.6 Å². The van der Waals surface area contributed by atoms with E-state index < -0.39 is 0 Å². The lowest BCUT2D eigenvalue weighted by Gasteiger charge is -2.23. The van der Waals surface area contributed by atoms with E-state index in [1.165, 1.54) is 5.56 Å². The van der Waals surface area contributed by atoms with E-state index in [2.05, 4.69) is 31.0 Å². The van der Waals surface area contributed by atoms with Crippen LogP contribution in [-0.2, 0) is 11.2 Å². The van der Waals surface area contributed by atoms with Crippen LogP contribution in [0.5, 0.6) is 0 Å². The smallest absolute Gasteiger partial charge is 0.169 e. The molecule has 2 unspecified atom stereocenters. The average molecular weight is 309 g/mol. The molecule has 1 rings (SSSR count). The van der Waals surface area contributed by atoms with E-state index in [0.717, 1.165) is 18.5 Å². The summed E-state index contributed by atoms with van der Waals surface area (Å²) in [5, 5.41) is 3.24. The molecule has 0 aliphatic rings. The molecular weight excluding hydrogens is 284 g/mol. The quantitative estimate of drug-likeness (QED) is 0.654. The second-order valence-corrected chi connectivity index (χ2v) is 5.61. The third kappa shape index (κ3) is 6.32. The summed E-state index contributed by atoms with van der Waals surface area (Å²) in [6.45, 7) is 6.75. The summed E-state index contributed by atoms with van der Waals surface area (Å²) in [7, 11) is 0. The first-order valence-electron chi connectivity index (χ1n) is 7.36. The maximum absolute atomic E-state index is 11.9. The minimum atomic E-state index is -0.281. The highest BCUT2D eigenvalue weighted by atomic mass is 35.5. The van der Waals surface area contributed by atoms with E-state index >= 15 is 0 Å². The molecule has 0 heterocycles. The Hall–Kier alpha value is -1.32. The van der Waals surface area contributed by atoms with Gasteiger partial charge in [0.2, 0.25) is 0 Å². The fraction of sp³-hybridized carbons (Fsp3) is 0.471. The zero-order valence-electron chi connectivity index (χ0n) is 12.6. The van der Waals surface area contributed by atoms with Crippen molar-refractivity contribution in [2.24, 2.45) is 11.7 Å². The Kier molecular flexibility index (Phi) is 8.09. The molecule has 0 amide bonds. The van der Waals surface area contributed by atoms with E-state index in [1.807, 2.05) is 18.2 Å². The fourth-order valence-electron chi connectivity index (χ4n) is 2.19. The summed E-state index contributed by atoms with van der Waals surface area (Å²) in [5.41, 5.74) is 7.65. The number of Topliss-reactive ketones (excluding diaryl/α,β-unsaturated/α-hetero) is 1. The topological polar surface area (TPSA) is 55.1 Å². The minimum absolute atomic E-state index is 0.00169. The zero-order valence-corrected chi connectivity index (χ0v) is 13.4. The van der Waals surface area contributed by atoms with Crippen LogP contribution in [0.4, 0.5) is 0 Å². The summed E-state index contributed by atoms with van der Waals surface area (Å²) in [4.78, 5) is 11.9. The molecule has 0 saturated carbocycles. The molecule has 0 bridgehead atoms. The van der Waals surface area contributed by atoms with Gasteiger partial charge in [0.1, 0.15) is 0 Å². The Morgan fingerprint density at radius 3 is 2.62 bits per heavy atom. The molecule has 0 aliphatic heterocycles. The maximum atomic E-state index is 11.9. The highest BCUT2D eigenvalue weighted by Crippen LogP contribution is 2.15. The van der Waals surface area contributed by atoms with Crippen LogP contribution in [0.1, 0.15) is 25.3 Å². The molecule has 2 atom stereocenters. The molecule has 0 aliphatic carbocycles. The predicted octanol–water partition coefficient (Wildman–Crippen LogP) is 2.88. The standard InChI is InChI=1S/C17H25ClN2O/c1-13(11-15-7-4-3-5-8-15)14(2)20-16(9-6-10-19)17(21)12-18/h3-5,7-8,13,16,20H,2,6,9-12,19H2,1H3. The van der Waals surface area contributed by atoms with Crippen LogP contribution in [0, 0.1) is 5.92 Å². The Balaban J connectivity index is 2.57. The molecule has 1 aromatic rings. The summed E-state index contributed by atoms with van der Waals surface area (Å²) >= 11 is 5.67. The summed E-state index contributed by atoms with van der Waals surface area (Å²) < 4.78 is 0. The van der Waals surface area contributed by atoms with Crippen molar-refractivity contribution >= 4 is 17.4 Å². The summed E-state index contributed by atoms with van der Waals surface area (Å²) in [5.74, 6) is 0.261. The van der Waals surface area contributed by atoms with E-state index in [4.69, 9.17) is 17.3 Å². The first kappa shape index (κ1) is 17.7. The first-order chi connectivity index (χ1) is 10.1. The van der Waals surface area contributed by atoms with Crippen LogP contribution in [0.3, 0.4) is 0 Å². The monoisotopic (exact) mass is 308 g/mol. The number of carbonyl (C=O) groups excluding carboxylic acids is 1. The molecule has 0 aromatic heterocycles. The van der Waals surface area contributed by atoms with Gasteiger partial charge in [-0.25, -0.2) is 0 Å². The van der Waals surface area contributed by atoms with Crippen molar-refractivity contribution in [1.29, 1.82) is 0 Å². The van der Waals surface area contributed by atoms with E-state index in [-0.39, 0.29) is 23.6 Å². The number of rotatable bonds is 10. The zero-order chi connectivity index (χ0) is 15.7. The molecule has 0 spiro atoms. The van der Waals surface area contributed by atoms with Crippen LogP contribution in [-0.4, -0.2) is 24.2 Å². The number of nitrogens with two attached hydrogens (primary N) is 1. The Labute approximate surface area is 132 Å². The lowest BCUT2D eigenvalue weighted by Crippen LogP contribution is -2.38. The molecule has 0 radical (unpaired) electrons. The fourth-order valence-corrected chi connectivity index (χ4v) is 2.37. The summed E-state index contributed by atoms with van der Waals surface area (Å²) in [6, 6.07) is 9.97. The Morgan fingerprint density at radius 1 is 1.38 bits per heavy atom. The van der Waals surface area contributed by atoms with Gasteiger partial charge in [0.05, 0.1) is 11.9 Å². The number of allylic oxidation sites excluding steroid dienone is 1. The van der Waals surface area contributed by atoms with Crippen LogP contribution >= 0.6 is 11.6 Å². The van der Waals surface area contributed by atoms with Gasteiger partial charge in [0, 0.05) is 5.70 Å². The lowest BCUT2D eigenvalue weighted by atomic mass is 9.97. The molecule has 0 fully saturated rings. The number of alkyl halides is 1. The van der Waals surface area contributed by atoms with Gasteiger partial charge in [-0.1, -0.05) is 43.8 Å². The van der Waals surface area contributed by atoms with Gasteiger partial charge in [0.15, 0.2) is 5.78 Å². The predicted molar refractivity (Wildman–Crippen MR) is 89.4 cm³/mol. The highest BCUT2D eigenvalue weighted by Gasteiger charge is 2.19. The molecule has 3 nitrogen and oxygen atoms in total. The normalized spacial score (nSPS) is 13.5. The van der Waals surface area contributed by atoms with Gasteiger partial charge in [0.25, 0.3) is 0 Å². The van der Waals surface area contributed by atoms with Crippen LogP contribution < -0.4 is 11.1 Å². The number of halogens is 1. The molecule has 4 heteroatoms. The van der Waals surface area contributed by atoms with Gasteiger partial charge >= 0.3 is 0 Å². The maximum Gasteiger partial charge on any atom is 0.169 e. The SMILES string of the molecule is C=C(NC(CCCN)C(=O)CCl)C(C)Cc1ccccc1. The Bertz CT molecular complexity index is 447. The number of nitrogens with one attached hydrogen (secondary N) is 1. The van der Waals surface area contributed by atoms with Crippen molar-refractivity contribution in [3.05, 3.63) is 48.2 Å². The van der Waals surface area contributed by atoms with Crippen molar-refractivity contribution in [3.63, 3.8) is 0 Å². The van der Waals surface area contributed by atoms with E-state index in [0.29, 0.717) is 13.0 Å². The minimum Gasteiger partial charge on any atom is -0.379 e. The van der Waals surface area contributed by atoms with Crippen LogP contribution in [0.15, 0.2) is 42.6 Å². The van der Waals surface area contributed by atoms with Crippen molar-refractivity contribution < 1.29 is 4.79 Å². The number of carbonyl (C=O) groups is 1. The molecule has 0 saturated heterocycles. The number of hydrogen-bond acceptors (Lipinski definition) is 3. The van der Waals surface area contributed by atoms with Crippen LogP contribution in [0.25, 0.3) is 0 Å².